The van der Waals surface area contributed by atoms with Gasteiger partial charge in [-0.2, -0.15) is 0 Å². The van der Waals surface area contributed by atoms with Gasteiger partial charge in [0.1, 0.15) is 0 Å². The van der Waals surface area contributed by atoms with Crippen molar-refractivity contribution in [3.05, 3.63) is 74.8 Å². The molecule has 0 unspecified atom stereocenters. The van der Waals surface area contributed by atoms with Crippen LogP contribution in [0.2, 0.25) is 5.02 Å². The first-order valence-electron chi connectivity index (χ1n) is 9.93. The SMILES string of the molecule is NCC1CCC(CN(Cc2ccc(Cl)cc2)Cc2ccc([N+](=O)[O-])cc2)CC1. The third kappa shape index (κ3) is 6.03. The van der Waals surface area contributed by atoms with E-state index in [1.54, 1.807) is 12.1 Å². The summed E-state index contributed by atoms with van der Waals surface area (Å²) in [6.07, 6.45) is 4.87. The van der Waals surface area contributed by atoms with Crippen molar-refractivity contribution in [3.63, 3.8) is 0 Å². The fourth-order valence-electron chi connectivity index (χ4n) is 4.03. The van der Waals surface area contributed by atoms with E-state index in [9.17, 15) is 10.1 Å². The van der Waals surface area contributed by atoms with Crippen LogP contribution >= 0.6 is 11.6 Å². The number of rotatable bonds is 8. The fourth-order valence-corrected chi connectivity index (χ4v) is 4.16. The van der Waals surface area contributed by atoms with Gasteiger partial charge in [-0.15, -0.1) is 0 Å². The van der Waals surface area contributed by atoms with Crippen LogP contribution in [0.15, 0.2) is 48.5 Å². The van der Waals surface area contributed by atoms with Crippen LogP contribution in [0.5, 0.6) is 0 Å². The van der Waals surface area contributed by atoms with Gasteiger partial charge < -0.3 is 5.73 Å². The van der Waals surface area contributed by atoms with E-state index in [0.717, 1.165) is 36.8 Å². The van der Waals surface area contributed by atoms with Crippen LogP contribution in [0.3, 0.4) is 0 Å². The van der Waals surface area contributed by atoms with Crippen LogP contribution in [0, 0.1) is 22.0 Å². The average molecular weight is 402 g/mol. The van der Waals surface area contributed by atoms with E-state index in [4.69, 9.17) is 17.3 Å². The second kappa shape index (κ2) is 10.0. The Labute approximate surface area is 171 Å². The Bertz CT molecular complexity index is 756. The Morgan fingerprint density at radius 2 is 1.43 bits per heavy atom. The van der Waals surface area contributed by atoms with Gasteiger partial charge in [0.2, 0.25) is 0 Å². The molecule has 0 amide bonds. The summed E-state index contributed by atoms with van der Waals surface area (Å²) in [4.78, 5) is 13.0. The zero-order chi connectivity index (χ0) is 19.9. The van der Waals surface area contributed by atoms with Crippen LogP contribution in [0.1, 0.15) is 36.8 Å². The molecular weight excluding hydrogens is 374 g/mol. The van der Waals surface area contributed by atoms with Gasteiger partial charge in [-0.05, 0) is 67.3 Å². The number of nitro benzene ring substituents is 1. The molecular formula is C22H28ClN3O2. The van der Waals surface area contributed by atoms with Gasteiger partial charge in [0.15, 0.2) is 0 Å². The van der Waals surface area contributed by atoms with E-state index < -0.39 is 0 Å². The van der Waals surface area contributed by atoms with Crippen molar-refractivity contribution in [2.75, 3.05) is 13.1 Å². The first-order valence-corrected chi connectivity index (χ1v) is 10.3. The lowest BCUT2D eigenvalue weighted by Gasteiger charge is -2.32. The molecule has 0 aromatic heterocycles. The molecule has 28 heavy (non-hydrogen) atoms. The smallest absolute Gasteiger partial charge is 0.269 e. The van der Waals surface area contributed by atoms with Crippen molar-refractivity contribution in [2.24, 2.45) is 17.6 Å². The summed E-state index contributed by atoms with van der Waals surface area (Å²) in [6.45, 7) is 3.43. The molecule has 2 aromatic carbocycles. The number of halogens is 1. The normalized spacial score (nSPS) is 19.7. The molecule has 0 atom stereocenters. The van der Waals surface area contributed by atoms with Gasteiger partial charge in [-0.1, -0.05) is 35.9 Å². The van der Waals surface area contributed by atoms with Gasteiger partial charge in [-0.25, -0.2) is 0 Å². The predicted octanol–water partition coefficient (Wildman–Crippen LogP) is 5.02. The van der Waals surface area contributed by atoms with E-state index in [2.05, 4.69) is 17.0 Å². The number of hydrogen-bond acceptors (Lipinski definition) is 4. The molecule has 1 fully saturated rings. The molecule has 0 spiro atoms. The highest BCUT2D eigenvalue weighted by molar-refractivity contribution is 6.30. The molecule has 1 aliphatic carbocycles. The molecule has 3 rings (SSSR count). The van der Waals surface area contributed by atoms with Gasteiger partial charge >= 0.3 is 0 Å². The van der Waals surface area contributed by atoms with Gasteiger partial charge in [0.05, 0.1) is 4.92 Å². The quantitative estimate of drug-likeness (QED) is 0.498. The van der Waals surface area contributed by atoms with Crippen molar-refractivity contribution in [1.82, 2.24) is 4.90 Å². The first kappa shape index (κ1) is 20.8. The Kier molecular flexibility index (Phi) is 7.43. The zero-order valence-corrected chi connectivity index (χ0v) is 16.9. The van der Waals surface area contributed by atoms with E-state index in [-0.39, 0.29) is 10.6 Å². The van der Waals surface area contributed by atoms with Crippen molar-refractivity contribution >= 4 is 17.3 Å². The van der Waals surface area contributed by atoms with Gasteiger partial charge in [-0.3, -0.25) is 15.0 Å². The van der Waals surface area contributed by atoms with E-state index >= 15 is 0 Å². The summed E-state index contributed by atoms with van der Waals surface area (Å²) in [5.41, 5.74) is 8.28. The minimum atomic E-state index is -0.356. The molecule has 2 aromatic rings. The third-order valence-electron chi connectivity index (χ3n) is 5.69. The fraction of sp³-hybridized carbons (Fsp3) is 0.455. The lowest BCUT2D eigenvalue weighted by molar-refractivity contribution is -0.384. The molecule has 2 N–H and O–H groups in total. The maximum absolute atomic E-state index is 10.9. The van der Waals surface area contributed by atoms with Crippen LogP contribution in [-0.4, -0.2) is 22.9 Å². The first-order chi connectivity index (χ1) is 13.5. The summed E-state index contributed by atoms with van der Waals surface area (Å²) in [5.74, 6) is 1.35. The second-order valence-corrected chi connectivity index (χ2v) is 8.28. The largest absolute Gasteiger partial charge is 0.330 e. The van der Waals surface area contributed by atoms with Crippen molar-refractivity contribution in [3.8, 4) is 0 Å². The lowest BCUT2D eigenvalue weighted by atomic mass is 9.82. The van der Waals surface area contributed by atoms with E-state index in [0.29, 0.717) is 11.8 Å². The second-order valence-electron chi connectivity index (χ2n) is 7.84. The summed E-state index contributed by atoms with van der Waals surface area (Å²) in [6, 6.07) is 14.9. The van der Waals surface area contributed by atoms with Crippen LogP contribution < -0.4 is 5.73 Å². The number of nitro groups is 1. The number of hydrogen-bond donors (Lipinski definition) is 1. The molecule has 1 saturated carbocycles. The molecule has 5 nitrogen and oxygen atoms in total. The Morgan fingerprint density at radius 3 is 1.93 bits per heavy atom. The highest BCUT2D eigenvalue weighted by atomic mass is 35.5. The molecule has 6 heteroatoms. The van der Waals surface area contributed by atoms with Crippen molar-refractivity contribution in [1.29, 1.82) is 0 Å². The Balaban J connectivity index is 1.68. The summed E-state index contributed by atoms with van der Waals surface area (Å²) >= 11 is 6.02. The molecule has 0 aliphatic heterocycles. The van der Waals surface area contributed by atoms with Gasteiger partial charge in [0.25, 0.3) is 5.69 Å². The lowest BCUT2D eigenvalue weighted by Crippen LogP contribution is -2.32. The molecule has 1 aliphatic rings. The van der Waals surface area contributed by atoms with Crippen molar-refractivity contribution in [2.45, 2.75) is 38.8 Å². The summed E-state index contributed by atoms with van der Waals surface area (Å²) in [5, 5.41) is 11.6. The molecule has 150 valence electrons. The topological polar surface area (TPSA) is 72.4 Å². The van der Waals surface area contributed by atoms with Crippen LogP contribution in [0.4, 0.5) is 5.69 Å². The number of benzene rings is 2. The van der Waals surface area contributed by atoms with Crippen LogP contribution in [-0.2, 0) is 13.1 Å². The summed E-state index contributed by atoms with van der Waals surface area (Å²) in [7, 11) is 0. The number of nitrogens with zero attached hydrogens (tertiary/aromatic N) is 2. The third-order valence-corrected chi connectivity index (χ3v) is 5.94. The standard InChI is InChI=1S/C22H28ClN3O2/c23-21-9-5-19(6-10-21)15-25(14-18-3-1-17(13-24)2-4-18)16-20-7-11-22(12-8-20)26(27)28/h5-12,17-18H,1-4,13-16,24H2. The molecule has 0 bridgehead atoms. The Hall–Kier alpha value is -1.95. The molecule has 0 heterocycles. The van der Waals surface area contributed by atoms with Crippen molar-refractivity contribution < 1.29 is 4.92 Å². The monoisotopic (exact) mass is 401 g/mol. The molecule has 0 saturated heterocycles. The maximum atomic E-state index is 10.9. The van der Waals surface area contributed by atoms with Crippen LogP contribution in [0.25, 0.3) is 0 Å². The summed E-state index contributed by atoms with van der Waals surface area (Å²) < 4.78 is 0. The van der Waals surface area contributed by atoms with E-state index in [1.165, 1.54) is 31.2 Å². The molecule has 0 radical (unpaired) electrons. The maximum Gasteiger partial charge on any atom is 0.269 e. The van der Waals surface area contributed by atoms with E-state index in [1.807, 2.05) is 24.3 Å². The Morgan fingerprint density at radius 1 is 0.929 bits per heavy atom. The predicted molar refractivity (Wildman–Crippen MR) is 113 cm³/mol. The average Bonchev–Trinajstić information content (AvgIpc) is 2.70. The number of nitrogens with two attached hydrogens (primary N) is 1. The number of non-ortho nitro benzene ring substituents is 1. The zero-order valence-electron chi connectivity index (χ0n) is 16.1. The highest BCUT2D eigenvalue weighted by Crippen LogP contribution is 2.29. The highest BCUT2D eigenvalue weighted by Gasteiger charge is 2.22. The van der Waals surface area contributed by atoms with Gasteiger partial charge in [0, 0.05) is 36.8 Å². The minimum Gasteiger partial charge on any atom is -0.330 e. The minimum absolute atomic E-state index is 0.133.